The maximum atomic E-state index is 12.2. The number of nitro benzene ring substituents is 1. The summed E-state index contributed by atoms with van der Waals surface area (Å²) in [6.45, 7) is 1.46. The molecule has 0 fully saturated rings. The van der Waals surface area contributed by atoms with Gasteiger partial charge in [-0.2, -0.15) is 0 Å². The summed E-state index contributed by atoms with van der Waals surface area (Å²) < 4.78 is 27.8. The van der Waals surface area contributed by atoms with E-state index in [1.165, 1.54) is 7.05 Å². The van der Waals surface area contributed by atoms with Gasteiger partial charge in [0.25, 0.3) is 11.6 Å². The minimum atomic E-state index is -3.81. The van der Waals surface area contributed by atoms with Gasteiger partial charge in [-0.25, -0.2) is 8.42 Å². The molecule has 0 saturated heterocycles. The average molecular weight is 344 g/mol. The van der Waals surface area contributed by atoms with Crippen molar-refractivity contribution in [3.05, 3.63) is 33.9 Å². The van der Waals surface area contributed by atoms with Crippen LogP contribution in [0.2, 0.25) is 0 Å². The number of hydrogen-bond donors (Lipinski definition) is 0. The first kappa shape index (κ1) is 18.6. The lowest BCUT2D eigenvalue weighted by Crippen LogP contribution is -2.33. The Labute approximate surface area is 132 Å². The normalized spacial score (nSPS) is 10.9. The maximum Gasteiger partial charge on any atom is 0.325 e. The molecule has 1 amide bonds. The largest absolute Gasteiger partial charge is 0.465 e. The van der Waals surface area contributed by atoms with Gasteiger partial charge in [-0.3, -0.25) is 19.7 Å². The zero-order chi connectivity index (χ0) is 17.8. The number of esters is 1. The highest BCUT2D eigenvalue weighted by molar-refractivity contribution is 7.90. The molecule has 0 saturated carbocycles. The van der Waals surface area contributed by atoms with E-state index in [9.17, 15) is 28.1 Å². The number of benzene rings is 1. The molecule has 0 aliphatic heterocycles. The number of amides is 1. The number of carbonyl (C=O) groups excluding carboxylic acids is 2. The van der Waals surface area contributed by atoms with Crippen molar-refractivity contribution in [2.45, 2.75) is 11.8 Å². The van der Waals surface area contributed by atoms with Crippen molar-refractivity contribution in [3.8, 4) is 0 Å². The molecular formula is C13H16N2O7S. The minimum absolute atomic E-state index is 0.101. The molecular weight excluding hydrogens is 328 g/mol. The number of nitro groups is 1. The number of ether oxygens (including phenoxy) is 1. The first-order valence-electron chi connectivity index (χ1n) is 6.47. The van der Waals surface area contributed by atoms with Gasteiger partial charge in [0.05, 0.1) is 11.5 Å². The summed E-state index contributed by atoms with van der Waals surface area (Å²) in [7, 11) is -2.48. The Balaban J connectivity index is 3.14. The van der Waals surface area contributed by atoms with E-state index < -0.39 is 37.2 Å². The molecule has 0 radical (unpaired) electrons. The highest BCUT2D eigenvalue weighted by Crippen LogP contribution is 2.25. The van der Waals surface area contributed by atoms with Crippen molar-refractivity contribution in [1.82, 2.24) is 4.90 Å². The van der Waals surface area contributed by atoms with E-state index in [1.54, 1.807) is 6.92 Å². The SMILES string of the molecule is CCOC(=O)CN(C)C(=O)c1ccc(S(C)(=O)=O)c([N+](=O)[O-])c1. The molecule has 0 bridgehead atoms. The third kappa shape index (κ3) is 4.74. The Hall–Kier alpha value is -2.49. The van der Waals surface area contributed by atoms with Gasteiger partial charge in [0.15, 0.2) is 9.84 Å². The van der Waals surface area contributed by atoms with E-state index in [0.29, 0.717) is 0 Å². The highest BCUT2D eigenvalue weighted by atomic mass is 32.2. The Kier molecular flexibility index (Phi) is 5.79. The van der Waals surface area contributed by atoms with Gasteiger partial charge in [0.1, 0.15) is 11.4 Å². The third-order valence-corrected chi connectivity index (χ3v) is 3.96. The predicted molar refractivity (Wildman–Crippen MR) is 79.8 cm³/mol. The van der Waals surface area contributed by atoms with Crippen molar-refractivity contribution in [3.63, 3.8) is 0 Å². The minimum Gasteiger partial charge on any atom is -0.465 e. The van der Waals surface area contributed by atoms with Crippen LogP contribution >= 0.6 is 0 Å². The zero-order valence-corrected chi connectivity index (χ0v) is 13.6. The molecule has 10 heteroatoms. The van der Waals surface area contributed by atoms with Crippen molar-refractivity contribution >= 4 is 27.4 Å². The molecule has 0 N–H and O–H groups in total. The fourth-order valence-electron chi connectivity index (χ4n) is 1.80. The molecule has 0 aromatic heterocycles. The predicted octanol–water partition coefficient (Wildman–Crippen LogP) is 0.633. The van der Waals surface area contributed by atoms with Gasteiger partial charge < -0.3 is 9.64 Å². The van der Waals surface area contributed by atoms with Crippen LogP contribution < -0.4 is 0 Å². The van der Waals surface area contributed by atoms with Gasteiger partial charge in [0, 0.05) is 24.9 Å². The second kappa shape index (κ2) is 7.18. The van der Waals surface area contributed by atoms with E-state index in [-0.39, 0.29) is 18.7 Å². The molecule has 9 nitrogen and oxygen atoms in total. The van der Waals surface area contributed by atoms with Crippen LogP contribution in [0.5, 0.6) is 0 Å². The fraction of sp³-hybridized carbons (Fsp3) is 0.385. The molecule has 0 aliphatic rings. The molecule has 126 valence electrons. The molecule has 0 aliphatic carbocycles. The van der Waals surface area contributed by atoms with Crippen molar-refractivity contribution in [2.75, 3.05) is 26.5 Å². The molecule has 1 aromatic rings. The molecule has 0 spiro atoms. The second-order valence-electron chi connectivity index (χ2n) is 4.68. The van der Waals surface area contributed by atoms with Crippen LogP contribution in [0.25, 0.3) is 0 Å². The van der Waals surface area contributed by atoms with E-state index in [0.717, 1.165) is 29.4 Å². The highest BCUT2D eigenvalue weighted by Gasteiger charge is 2.25. The number of rotatable bonds is 6. The van der Waals surface area contributed by atoms with Gasteiger partial charge in [-0.1, -0.05) is 0 Å². The third-order valence-electron chi connectivity index (χ3n) is 2.82. The number of hydrogen-bond acceptors (Lipinski definition) is 7. The Bertz CT molecular complexity index is 743. The maximum absolute atomic E-state index is 12.2. The van der Waals surface area contributed by atoms with Crippen LogP contribution in [-0.2, 0) is 19.4 Å². The van der Waals surface area contributed by atoms with Gasteiger partial charge in [-0.15, -0.1) is 0 Å². The molecule has 1 rings (SSSR count). The summed E-state index contributed by atoms with van der Waals surface area (Å²) >= 11 is 0. The fourth-order valence-corrected chi connectivity index (χ4v) is 2.63. The van der Waals surface area contributed by atoms with E-state index >= 15 is 0 Å². The Morgan fingerprint density at radius 1 is 1.35 bits per heavy atom. The van der Waals surface area contributed by atoms with Gasteiger partial charge in [0.2, 0.25) is 0 Å². The van der Waals surface area contributed by atoms with E-state index in [2.05, 4.69) is 0 Å². The van der Waals surface area contributed by atoms with Crippen LogP contribution in [0.1, 0.15) is 17.3 Å². The number of nitrogens with zero attached hydrogens (tertiary/aromatic N) is 2. The molecule has 23 heavy (non-hydrogen) atoms. The van der Waals surface area contributed by atoms with E-state index in [1.807, 2.05) is 0 Å². The van der Waals surface area contributed by atoms with Crippen molar-refractivity contribution in [2.24, 2.45) is 0 Å². The Morgan fingerprint density at radius 3 is 2.43 bits per heavy atom. The number of sulfone groups is 1. The summed E-state index contributed by atoms with van der Waals surface area (Å²) in [5.74, 6) is -1.29. The zero-order valence-electron chi connectivity index (χ0n) is 12.8. The standard InChI is InChI=1S/C13H16N2O7S/c1-4-22-12(16)8-14(2)13(17)9-5-6-11(23(3,20)21)10(7-9)15(18)19/h5-7H,4,8H2,1-3H3. The number of likely N-dealkylation sites (N-methyl/N-ethyl adjacent to an activating group) is 1. The van der Waals surface area contributed by atoms with Crippen molar-refractivity contribution in [1.29, 1.82) is 0 Å². The molecule has 0 unspecified atom stereocenters. The first-order valence-corrected chi connectivity index (χ1v) is 8.36. The smallest absolute Gasteiger partial charge is 0.325 e. The summed E-state index contributed by atoms with van der Waals surface area (Å²) in [4.78, 5) is 34.2. The van der Waals surface area contributed by atoms with Crippen LogP contribution in [0.15, 0.2) is 23.1 Å². The Morgan fingerprint density at radius 2 is 1.96 bits per heavy atom. The summed E-state index contributed by atoms with van der Waals surface area (Å²) in [6.07, 6.45) is 0.837. The number of carbonyl (C=O) groups is 2. The lowest BCUT2D eigenvalue weighted by Gasteiger charge is -2.16. The second-order valence-corrected chi connectivity index (χ2v) is 6.66. The van der Waals surface area contributed by atoms with Crippen LogP contribution in [0.4, 0.5) is 5.69 Å². The molecule has 0 heterocycles. The van der Waals surface area contributed by atoms with Gasteiger partial charge >= 0.3 is 5.97 Å². The monoisotopic (exact) mass is 344 g/mol. The lowest BCUT2D eigenvalue weighted by atomic mass is 10.2. The lowest BCUT2D eigenvalue weighted by molar-refractivity contribution is -0.387. The first-order chi connectivity index (χ1) is 10.6. The van der Waals surface area contributed by atoms with Crippen molar-refractivity contribution < 1.29 is 27.7 Å². The van der Waals surface area contributed by atoms with Gasteiger partial charge in [-0.05, 0) is 19.1 Å². The topological polar surface area (TPSA) is 124 Å². The average Bonchev–Trinajstić information content (AvgIpc) is 2.44. The van der Waals surface area contributed by atoms with E-state index in [4.69, 9.17) is 4.74 Å². The summed E-state index contributed by atoms with van der Waals surface area (Å²) in [6, 6.07) is 3.03. The summed E-state index contributed by atoms with van der Waals surface area (Å²) in [5, 5.41) is 11.0. The van der Waals surface area contributed by atoms with Crippen LogP contribution in [0.3, 0.4) is 0 Å². The van der Waals surface area contributed by atoms with Crippen LogP contribution in [0, 0.1) is 10.1 Å². The van der Waals surface area contributed by atoms with Crippen LogP contribution in [-0.4, -0.2) is 56.6 Å². The quantitative estimate of drug-likeness (QED) is 0.421. The molecule has 0 atom stereocenters. The summed E-state index contributed by atoms with van der Waals surface area (Å²) in [5.41, 5.74) is -0.793. The molecule has 1 aromatic carbocycles.